The van der Waals surface area contributed by atoms with Crippen molar-refractivity contribution in [3.05, 3.63) is 0 Å². The Morgan fingerprint density at radius 1 is 0.826 bits per heavy atom. The van der Waals surface area contributed by atoms with Crippen molar-refractivity contribution in [3.8, 4) is 0 Å². The maximum absolute atomic E-state index is 9.80. The van der Waals surface area contributed by atoms with Gasteiger partial charge in [-0.25, -0.2) is 0 Å². The molecule has 1 heterocycles. The zero-order valence-electron chi connectivity index (χ0n) is 13.6. The van der Waals surface area contributed by atoms with E-state index in [2.05, 4.69) is 6.92 Å². The molecule has 1 aliphatic heterocycles. The van der Waals surface area contributed by atoms with Crippen LogP contribution in [0.1, 0.15) is 58.3 Å². The number of hydrogen-bond acceptors (Lipinski definition) is 6. The molecular formula is C16H33NaO6. The van der Waals surface area contributed by atoms with Crippen LogP contribution in [0.15, 0.2) is 0 Å². The zero-order chi connectivity index (χ0) is 16.4. The van der Waals surface area contributed by atoms with Gasteiger partial charge in [-0.3, -0.25) is 0 Å². The Labute approximate surface area is 161 Å². The van der Waals surface area contributed by atoms with E-state index in [0.29, 0.717) is 6.61 Å². The first-order valence-electron chi connectivity index (χ1n) is 8.54. The van der Waals surface area contributed by atoms with Gasteiger partial charge in [-0.15, -0.1) is 0 Å². The summed E-state index contributed by atoms with van der Waals surface area (Å²) in [4.78, 5) is 0. The Bertz CT molecular complexity index is 279. The predicted molar refractivity (Wildman–Crippen MR) is 89.5 cm³/mol. The number of hydrogen-bond donors (Lipinski definition) is 4. The Balaban J connectivity index is 0.00000484. The van der Waals surface area contributed by atoms with Gasteiger partial charge in [0, 0.05) is 6.61 Å². The molecule has 0 radical (unpaired) electrons. The fourth-order valence-corrected chi connectivity index (χ4v) is 2.64. The standard InChI is InChI=1S/C16H32O6.Na.H/c1-2-3-4-5-6-7-8-9-10-21-16-15(20)14(19)13(18)12(11-17)22-16;;/h12-20H,2-11H2,1H3;;/t12-,13+,14+,15-,16-;;/m1../s1. The van der Waals surface area contributed by atoms with E-state index in [4.69, 9.17) is 14.6 Å². The first-order valence-corrected chi connectivity index (χ1v) is 8.54. The van der Waals surface area contributed by atoms with Gasteiger partial charge in [-0.05, 0) is 6.42 Å². The molecule has 4 N–H and O–H groups in total. The van der Waals surface area contributed by atoms with Crippen molar-refractivity contribution in [1.82, 2.24) is 0 Å². The molecule has 0 spiro atoms. The van der Waals surface area contributed by atoms with E-state index in [1.807, 2.05) is 0 Å². The van der Waals surface area contributed by atoms with E-state index >= 15 is 0 Å². The van der Waals surface area contributed by atoms with Crippen LogP contribution in [0.3, 0.4) is 0 Å². The van der Waals surface area contributed by atoms with Crippen molar-refractivity contribution in [3.63, 3.8) is 0 Å². The van der Waals surface area contributed by atoms with E-state index in [-0.39, 0.29) is 29.6 Å². The second-order valence-electron chi connectivity index (χ2n) is 6.04. The molecule has 23 heavy (non-hydrogen) atoms. The fourth-order valence-electron chi connectivity index (χ4n) is 2.64. The molecule has 0 aliphatic carbocycles. The van der Waals surface area contributed by atoms with Crippen LogP contribution in [0.2, 0.25) is 0 Å². The summed E-state index contributed by atoms with van der Waals surface area (Å²) in [5, 5.41) is 38.2. The number of aliphatic hydroxyl groups is 4. The summed E-state index contributed by atoms with van der Waals surface area (Å²) in [6.45, 7) is 2.20. The Morgan fingerprint density at radius 3 is 1.96 bits per heavy atom. The summed E-state index contributed by atoms with van der Waals surface area (Å²) in [5.74, 6) is 0. The average Bonchev–Trinajstić information content (AvgIpc) is 2.53. The second-order valence-corrected chi connectivity index (χ2v) is 6.04. The van der Waals surface area contributed by atoms with Crippen molar-refractivity contribution in [2.45, 2.75) is 89.0 Å². The quantitative estimate of drug-likeness (QED) is 0.318. The molecule has 0 unspecified atom stereocenters. The van der Waals surface area contributed by atoms with Gasteiger partial charge >= 0.3 is 29.6 Å². The van der Waals surface area contributed by atoms with Crippen molar-refractivity contribution in [2.24, 2.45) is 0 Å². The van der Waals surface area contributed by atoms with Gasteiger partial charge in [-0.2, -0.15) is 0 Å². The molecule has 0 saturated carbocycles. The SMILES string of the molecule is CCCCCCCCCCO[C@@H]1O[C@H](CO)[C@H](O)[C@H](O)[C@H]1O.[NaH]. The molecule has 1 fully saturated rings. The number of unbranched alkanes of at least 4 members (excludes halogenated alkanes) is 7. The first kappa shape index (κ1) is 23.8. The molecule has 1 aliphatic rings. The van der Waals surface area contributed by atoms with Crippen molar-refractivity contribution in [1.29, 1.82) is 0 Å². The van der Waals surface area contributed by atoms with Crippen LogP contribution in [0.25, 0.3) is 0 Å². The summed E-state index contributed by atoms with van der Waals surface area (Å²) >= 11 is 0. The molecule has 5 atom stereocenters. The van der Waals surface area contributed by atoms with Crippen LogP contribution in [-0.4, -0.2) is 93.9 Å². The molecule has 6 nitrogen and oxygen atoms in total. The van der Waals surface area contributed by atoms with Gasteiger partial charge in [-0.1, -0.05) is 51.9 Å². The third-order valence-electron chi connectivity index (χ3n) is 4.13. The molecule has 7 heteroatoms. The van der Waals surface area contributed by atoms with E-state index in [9.17, 15) is 15.3 Å². The Kier molecular flexibility index (Phi) is 14.4. The van der Waals surface area contributed by atoms with Gasteiger partial charge in [0.15, 0.2) is 6.29 Å². The Hall–Kier alpha value is 0.760. The van der Waals surface area contributed by atoms with Crippen LogP contribution < -0.4 is 0 Å². The average molecular weight is 344 g/mol. The van der Waals surface area contributed by atoms with E-state index in [1.165, 1.54) is 38.5 Å². The van der Waals surface area contributed by atoms with Crippen LogP contribution in [0.4, 0.5) is 0 Å². The predicted octanol–water partition coefficient (Wildman–Crippen LogP) is 0.295. The number of ether oxygens (including phenoxy) is 2. The van der Waals surface area contributed by atoms with Crippen molar-refractivity contribution >= 4 is 29.6 Å². The topological polar surface area (TPSA) is 99.4 Å². The van der Waals surface area contributed by atoms with Crippen LogP contribution in [0.5, 0.6) is 0 Å². The minimum absolute atomic E-state index is 0. The number of aliphatic hydroxyl groups excluding tert-OH is 4. The minimum atomic E-state index is -1.37. The number of rotatable bonds is 11. The van der Waals surface area contributed by atoms with Crippen LogP contribution in [0, 0.1) is 0 Å². The van der Waals surface area contributed by atoms with Gasteiger partial charge in [0.05, 0.1) is 6.61 Å². The summed E-state index contributed by atoms with van der Waals surface area (Å²) in [7, 11) is 0. The summed E-state index contributed by atoms with van der Waals surface area (Å²) in [6, 6.07) is 0. The molecule has 1 saturated heterocycles. The molecule has 0 aromatic rings. The Morgan fingerprint density at radius 2 is 1.39 bits per heavy atom. The van der Waals surface area contributed by atoms with Crippen molar-refractivity contribution < 1.29 is 29.9 Å². The second kappa shape index (κ2) is 14.0. The molecule has 0 bridgehead atoms. The summed E-state index contributed by atoms with van der Waals surface area (Å²) < 4.78 is 10.7. The van der Waals surface area contributed by atoms with Crippen molar-refractivity contribution in [2.75, 3.05) is 13.2 Å². The third-order valence-corrected chi connectivity index (χ3v) is 4.13. The van der Waals surface area contributed by atoms with Crippen LogP contribution >= 0.6 is 0 Å². The van der Waals surface area contributed by atoms with Crippen LogP contribution in [-0.2, 0) is 9.47 Å². The van der Waals surface area contributed by atoms with Gasteiger partial charge < -0.3 is 29.9 Å². The monoisotopic (exact) mass is 344 g/mol. The normalized spacial score (nSPS) is 30.9. The summed E-state index contributed by atoms with van der Waals surface area (Å²) in [5.41, 5.74) is 0. The maximum atomic E-state index is 9.80. The molecule has 0 amide bonds. The molecular weight excluding hydrogens is 311 g/mol. The van der Waals surface area contributed by atoms with Gasteiger partial charge in [0.2, 0.25) is 0 Å². The van der Waals surface area contributed by atoms with E-state index in [1.54, 1.807) is 0 Å². The van der Waals surface area contributed by atoms with Gasteiger partial charge in [0.1, 0.15) is 24.4 Å². The third kappa shape index (κ3) is 8.61. The van der Waals surface area contributed by atoms with E-state index < -0.39 is 37.3 Å². The van der Waals surface area contributed by atoms with Gasteiger partial charge in [0.25, 0.3) is 0 Å². The fraction of sp³-hybridized carbons (Fsp3) is 1.00. The van der Waals surface area contributed by atoms with E-state index in [0.717, 1.165) is 12.8 Å². The molecule has 0 aromatic heterocycles. The molecule has 134 valence electrons. The summed E-state index contributed by atoms with van der Waals surface area (Å²) in [6.07, 6.45) is 3.58. The molecule has 0 aromatic carbocycles. The molecule has 1 rings (SSSR count). The first-order chi connectivity index (χ1) is 10.6. The zero-order valence-corrected chi connectivity index (χ0v) is 13.6.